The van der Waals surface area contributed by atoms with E-state index in [1.165, 1.54) is 11.1 Å². The molecule has 0 amide bonds. The highest BCUT2D eigenvalue weighted by Crippen LogP contribution is 2.13. The van der Waals surface area contributed by atoms with Crippen molar-refractivity contribution in [2.24, 2.45) is 5.92 Å². The largest absolute Gasteiger partial charge is 0.377 e. The maximum Gasteiger partial charge on any atom is 0.0653 e. The molecule has 0 saturated heterocycles. The molecule has 1 heterocycles. The number of ether oxygens (including phenoxy) is 1. The maximum absolute atomic E-state index is 5.49. The van der Waals surface area contributed by atoms with Crippen LogP contribution in [0.3, 0.4) is 0 Å². The highest BCUT2D eigenvalue weighted by atomic mass is 16.5. The van der Waals surface area contributed by atoms with Gasteiger partial charge >= 0.3 is 0 Å². The molecule has 0 fully saturated rings. The van der Waals surface area contributed by atoms with Gasteiger partial charge in [0.1, 0.15) is 0 Å². The third kappa shape index (κ3) is 4.09. The Balaban J connectivity index is 2.64. The molecule has 0 aliphatic carbocycles. The van der Waals surface area contributed by atoms with Crippen LogP contribution in [0.4, 0.5) is 0 Å². The maximum atomic E-state index is 5.49. The molecule has 0 aromatic heterocycles. The van der Waals surface area contributed by atoms with E-state index in [2.05, 4.69) is 38.7 Å². The molecule has 0 aromatic rings. The van der Waals surface area contributed by atoms with E-state index >= 15 is 0 Å². The van der Waals surface area contributed by atoms with Gasteiger partial charge in [0.2, 0.25) is 0 Å². The van der Waals surface area contributed by atoms with Crippen molar-refractivity contribution in [1.29, 1.82) is 0 Å². The third-order valence-corrected chi connectivity index (χ3v) is 2.12. The van der Waals surface area contributed by atoms with Crippen LogP contribution in [0.15, 0.2) is 36.0 Å². The lowest BCUT2D eigenvalue weighted by Gasteiger charge is -2.12. The lowest BCUT2D eigenvalue weighted by molar-refractivity contribution is 0.128. The fourth-order valence-corrected chi connectivity index (χ4v) is 1.35. The first kappa shape index (κ1) is 10.3. The lowest BCUT2D eigenvalue weighted by Crippen LogP contribution is -2.07. The van der Waals surface area contributed by atoms with Crippen LogP contribution in [0.5, 0.6) is 0 Å². The molecule has 1 unspecified atom stereocenters. The Morgan fingerprint density at radius 1 is 1.46 bits per heavy atom. The zero-order valence-corrected chi connectivity index (χ0v) is 8.55. The Labute approximate surface area is 80.8 Å². The number of hydrogen-bond donors (Lipinski definition) is 0. The summed E-state index contributed by atoms with van der Waals surface area (Å²) in [5.74, 6) is 0.573. The number of hydrogen-bond acceptors (Lipinski definition) is 1. The fourth-order valence-electron chi connectivity index (χ4n) is 1.35. The van der Waals surface area contributed by atoms with Gasteiger partial charge in [0.15, 0.2) is 0 Å². The van der Waals surface area contributed by atoms with E-state index in [0.29, 0.717) is 5.92 Å². The topological polar surface area (TPSA) is 9.23 Å². The molecule has 1 atom stereocenters. The fraction of sp³-hybridized carbons (Fsp3) is 0.500. The van der Waals surface area contributed by atoms with Gasteiger partial charge in [-0.25, -0.2) is 0 Å². The molecule has 72 valence electrons. The molecule has 13 heavy (non-hydrogen) atoms. The monoisotopic (exact) mass is 178 g/mol. The summed E-state index contributed by atoms with van der Waals surface area (Å²) in [6, 6.07) is 0. The molecule has 0 radical (unpaired) electrons. The molecular formula is C12H18O. The van der Waals surface area contributed by atoms with Crippen molar-refractivity contribution in [2.75, 3.05) is 13.2 Å². The van der Waals surface area contributed by atoms with Crippen LogP contribution >= 0.6 is 0 Å². The van der Waals surface area contributed by atoms with Crippen molar-refractivity contribution in [1.82, 2.24) is 0 Å². The highest BCUT2D eigenvalue weighted by molar-refractivity contribution is 5.25. The van der Waals surface area contributed by atoms with Crippen LogP contribution in [0.25, 0.3) is 0 Å². The van der Waals surface area contributed by atoms with Gasteiger partial charge in [-0.05, 0) is 19.3 Å². The standard InChI is InChI=1S/C12H18O/c1-10-4-5-11(2)8-12(3)9-13-7-6-10/h4-6,12H,2,7-9H2,1,3H3/b5-4-,10-6-. The summed E-state index contributed by atoms with van der Waals surface area (Å²) in [6.45, 7) is 9.84. The molecular weight excluding hydrogens is 160 g/mol. The minimum atomic E-state index is 0.573. The quantitative estimate of drug-likeness (QED) is 0.554. The zero-order valence-electron chi connectivity index (χ0n) is 8.55. The molecule has 0 N–H and O–H groups in total. The van der Waals surface area contributed by atoms with Gasteiger partial charge in [-0.2, -0.15) is 0 Å². The summed E-state index contributed by atoms with van der Waals surface area (Å²) >= 11 is 0. The van der Waals surface area contributed by atoms with E-state index < -0.39 is 0 Å². The van der Waals surface area contributed by atoms with Crippen molar-refractivity contribution in [3.8, 4) is 0 Å². The highest BCUT2D eigenvalue weighted by Gasteiger charge is 2.03. The second kappa shape index (κ2) is 5.03. The van der Waals surface area contributed by atoms with Gasteiger partial charge < -0.3 is 4.74 Å². The second-order valence-electron chi connectivity index (χ2n) is 3.79. The van der Waals surface area contributed by atoms with Gasteiger partial charge in [-0.1, -0.05) is 42.9 Å². The SMILES string of the molecule is C=C1/C=C\C(C)=C/COCC(C)C1. The van der Waals surface area contributed by atoms with E-state index in [9.17, 15) is 0 Å². The smallest absolute Gasteiger partial charge is 0.0653 e. The Kier molecular flexibility index (Phi) is 3.97. The predicted molar refractivity (Wildman–Crippen MR) is 56.6 cm³/mol. The summed E-state index contributed by atoms with van der Waals surface area (Å²) in [6.07, 6.45) is 7.34. The molecule has 1 heteroatoms. The first-order valence-electron chi connectivity index (χ1n) is 4.79. The van der Waals surface area contributed by atoms with Crippen LogP contribution < -0.4 is 0 Å². The van der Waals surface area contributed by atoms with Gasteiger partial charge in [0, 0.05) is 6.61 Å². The van der Waals surface area contributed by atoms with Crippen LogP contribution in [0.1, 0.15) is 20.3 Å². The zero-order chi connectivity index (χ0) is 9.68. The normalized spacial score (nSPS) is 32.0. The third-order valence-electron chi connectivity index (χ3n) is 2.12. The minimum Gasteiger partial charge on any atom is -0.377 e. The van der Waals surface area contributed by atoms with Crippen molar-refractivity contribution >= 4 is 0 Å². The van der Waals surface area contributed by atoms with Crippen molar-refractivity contribution < 1.29 is 4.74 Å². The van der Waals surface area contributed by atoms with Crippen LogP contribution in [0.2, 0.25) is 0 Å². The summed E-state index contributed by atoms with van der Waals surface area (Å²) in [5.41, 5.74) is 2.43. The van der Waals surface area contributed by atoms with Crippen molar-refractivity contribution in [3.63, 3.8) is 0 Å². The number of rotatable bonds is 0. The Morgan fingerprint density at radius 3 is 3.00 bits per heavy atom. The first-order valence-corrected chi connectivity index (χ1v) is 4.79. The Bertz CT molecular complexity index is 236. The van der Waals surface area contributed by atoms with Crippen LogP contribution in [0, 0.1) is 5.92 Å². The van der Waals surface area contributed by atoms with Gasteiger partial charge in [0.25, 0.3) is 0 Å². The van der Waals surface area contributed by atoms with Gasteiger partial charge in [-0.3, -0.25) is 0 Å². The summed E-state index contributed by atoms with van der Waals surface area (Å²) in [5, 5.41) is 0. The molecule has 0 bridgehead atoms. The Hall–Kier alpha value is -0.820. The minimum absolute atomic E-state index is 0.573. The molecule has 0 spiro atoms. The van der Waals surface area contributed by atoms with Gasteiger partial charge in [0.05, 0.1) is 6.61 Å². The van der Waals surface area contributed by atoms with Crippen LogP contribution in [-0.2, 0) is 4.74 Å². The van der Waals surface area contributed by atoms with E-state index in [4.69, 9.17) is 4.74 Å². The molecule has 1 rings (SSSR count). The van der Waals surface area contributed by atoms with E-state index in [0.717, 1.165) is 19.6 Å². The van der Waals surface area contributed by atoms with E-state index in [1.54, 1.807) is 0 Å². The lowest BCUT2D eigenvalue weighted by atomic mass is 10.0. The summed E-state index contributed by atoms with van der Waals surface area (Å²) in [4.78, 5) is 0. The Morgan fingerprint density at radius 2 is 2.23 bits per heavy atom. The second-order valence-corrected chi connectivity index (χ2v) is 3.79. The average molecular weight is 178 g/mol. The summed E-state index contributed by atoms with van der Waals surface area (Å²) < 4.78 is 5.49. The first-order chi connectivity index (χ1) is 6.18. The van der Waals surface area contributed by atoms with Gasteiger partial charge in [-0.15, -0.1) is 0 Å². The summed E-state index contributed by atoms with van der Waals surface area (Å²) in [7, 11) is 0. The molecule has 0 aromatic carbocycles. The van der Waals surface area contributed by atoms with E-state index in [-0.39, 0.29) is 0 Å². The average Bonchev–Trinajstić information content (AvgIpc) is 2.08. The van der Waals surface area contributed by atoms with Crippen molar-refractivity contribution in [3.05, 3.63) is 36.0 Å². The number of allylic oxidation sites excluding steroid dienone is 4. The molecule has 0 saturated carbocycles. The van der Waals surface area contributed by atoms with Crippen molar-refractivity contribution in [2.45, 2.75) is 20.3 Å². The predicted octanol–water partition coefficient (Wildman–Crippen LogP) is 3.10. The molecule has 1 nitrogen and oxygen atoms in total. The van der Waals surface area contributed by atoms with Crippen LogP contribution in [-0.4, -0.2) is 13.2 Å². The molecule has 1 aliphatic heterocycles. The molecule has 1 aliphatic rings. The van der Waals surface area contributed by atoms with E-state index in [1.807, 2.05) is 0 Å².